The van der Waals surface area contributed by atoms with E-state index in [2.05, 4.69) is 29.2 Å². The molecule has 3 heterocycles. The van der Waals surface area contributed by atoms with Gasteiger partial charge in [0, 0.05) is 38.8 Å². The molecular formula is C15H25N3O2. The summed E-state index contributed by atoms with van der Waals surface area (Å²) in [4.78, 5) is 0. The Morgan fingerprint density at radius 2 is 2.45 bits per heavy atom. The largest absolute Gasteiger partial charge is 0.378 e. The van der Waals surface area contributed by atoms with Gasteiger partial charge in [0.1, 0.15) is 0 Å². The topological polar surface area (TPSA) is 48.3 Å². The first-order valence-electron chi connectivity index (χ1n) is 7.78. The smallest absolute Gasteiger partial charge is 0.0957 e. The average molecular weight is 279 g/mol. The lowest BCUT2D eigenvalue weighted by atomic mass is 9.90. The molecule has 0 radical (unpaired) electrons. The number of hydrogen-bond acceptors (Lipinski definition) is 4. The predicted molar refractivity (Wildman–Crippen MR) is 76.6 cm³/mol. The van der Waals surface area contributed by atoms with Gasteiger partial charge in [0.05, 0.1) is 23.9 Å². The van der Waals surface area contributed by atoms with E-state index in [9.17, 15) is 0 Å². The highest BCUT2D eigenvalue weighted by Crippen LogP contribution is 2.37. The predicted octanol–water partition coefficient (Wildman–Crippen LogP) is 1.89. The summed E-state index contributed by atoms with van der Waals surface area (Å²) in [6.07, 6.45) is 6.36. The fraction of sp³-hybridized carbons (Fsp3) is 0.800. The normalized spacial score (nSPS) is 30.1. The molecule has 5 nitrogen and oxygen atoms in total. The van der Waals surface area contributed by atoms with Gasteiger partial charge in [0.25, 0.3) is 0 Å². The highest BCUT2D eigenvalue weighted by molar-refractivity contribution is 5.01. The molecule has 1 N–H and O–H groups in total. The van der Waals surface area contributed by atoms with Crippen LogP contribution in [0.1, 0.15) is 44.3 Å². The van der Waals surface area contributed by atoms with Crippen LogP contribution in [0.2, 0.25) is 0 Å². The molecule has 1 aromatic heterocycles. The zero-order valence-corrected chi connectivity index (χ0v) is 12.3. The SMILES string of the molecule is CCCNCc1ccn(C2CCOC3(CCOC3)C2)n1. The van der Waals surface area contributed by atoms with E-state index in [0.717, 1.165) is 64.3 Å². The fourth-order valence-electron chi connectivity index (χ4n) is 3.16. The molecule has 112 valence electrons. The Labute approximate surface area is 120 Å². The lowest BCUT2D eigenvalue weighted by molar-refractivity contribution is -0.0962. The molecule has 2 atom stereocenters. The van der Waals surface area contributed by atoms with Gasteiger partial charge in [-0.3, -0.25) is 4.68 Å². The number of aromatic nitrogens is 2. The number of nitrogens with one attached hydrogen (secondary N) is 1. The first-order valence-corrected chi connectivity index (χ1v) is 7.78. The number of nitrogens with zero attached hydrogens (tertiary/aromatic N) is 2. The molecule has 0 aliphatic carbocycles. The summed E-state index contributed by atoms with van der Waals surface area (Å²) in [5.74, 6) is 0. The van der Waals surface area contributed by atoms with E-state index in [1.807, 2.05) is 0 Å². The van der Waals surface area contributed by atoms with Crippen LogP contribution in [0.3, 0.4) is 0 Å². The summed E-state index contributed by atoms with van der Waals surface area (Å²) in [7, 11) is 0. The highest BCUT2D eigenvalue weighted by Gasteiger charge is 2.41. The molecule has 0 aromatic carbocycles. The molecule has 1 aromatic rings. The van der Waals surface area contributed by atoms with Gasteiger partial charge in [0.2, 0.25) is 0 Å². The zero-order chi connectivity index (χ0) is 13.8. The summed E-state index contributed by atoms with van der Waals surface area (Å²) < 4.78 is 13.6. The minimum atomic E-state index is -0.0461. The van der Waals surface area contributed by atoms with E-state index in [1.165, 1.54) is 0 Å². The summed E-state index contributed by atoms with van der Waals surface area (Å²) in [6, 6.07) is 2.57. The van der Waals surface area contributed by atoms with E-state index in [-0.39, 0.29) is 5.60 Å². The van der Waals surface area contributed by atoms with Crippen molar-refractivity contribution < 1.29 is 9.47 Å². The Balaban J connectivity index is 1.60. The van der Waals surface area contributed by atoms with Crippen LogP contribution in [0, 0.1) is 0 Å². The van der Waals surface area contributed by atoms with Crippen LogP contribution in [0.4, 0.5) is 0 Å². The maximum Gasteiger partial charge on any atom is 0.0957 e. The summed E-state index contributed by atoms with van der Waals surface area (Å²) >= 11 is 0. The lowest BCUT2D eigenvalue weighted by Gasteiger charge is -2.37. The lowest BCUT2D eigenvalue weighted by Crippen LogP contribution is -2.41. The molecule has 20 heavy (non-hydrogen) atoms. The molecule has 0 saturated carbocycles. The van der Waals surface area contributed by atoms with Gasteiger partial charge in [-0.2, -0.15) is 5.10 Å². The van der Waals surface area contributed by atoms with Crippen molar-refractivity contribution in [1.29, 1.82) is 0 Å². The summed E-state index contributed by atoms with van der Waals surface area (Å²) in [5, 5.41) is 8.11. The average Bonchev–Trinajstić information content (AvgIpc) is 3.09. The van der Waals surface area contributed by atoms with Crippen molar-refractivity contribution in [1.82, 2.24) is 15.1 Å². The molecule has 1 spiro atoms. The van der Waals surface area contributed by atoms with Gasteiger partial charge in [-0.05, 0) is 25.5 Å². The standard InChI is InChI=1S/C15H25N3O2/c1-2-6-16-11-13-3-7-18(17-13)14-4-8-20-15(10-14)5-9-19-12-15/h3,7,14,16H,2,4-6,8-12H2,1H3. The van der Waals surface area contributed by atoms with Gasteiger partial charge >= 0.3 is 0 Å². The number of hydrogen-bond donors (Lipinski definition) is 1. The van der Waals surface area contributed by atoms with Crippen LogP contribution in [0.5, 0.6) is 0 Å². The van der Waals surface area contributed by atoms with Crippen molar-refractivity contribution in [2.45, 2.75) is 50.8 Å². The van der Waals surface area contributed by atoms with Crippen LogP contribution < -0.4 is 5.32 Å². The quantitative estimate of drug-likeness (QED) is 0.836. The first kappa shape index (κ1) is 14.0. The minimum Gasteiger partial charge on any atom is -0.378 e. The van der Waals surface area contributed by atoms with E-state index in [1.54, 1.807) is 0 Å². The second-order valence-electron chi connectivity index (χ2n) is 5.94. The van der Waals surface area contributed by atoms with Crippen molar-refractivity contribution in [3.05, 3.63) is 18.0 Å². The van der Waals surface area contributed by atoms with Crippen molar-refractivity contribution in [3.8, 4) is 0 Å². The molecule has 2 unspecified atom stereocenters. The Morgan fingerprint density at radius 1 is 1.50 bits per heavy atom. The van der Waals surface area contributed by atoms with Gasteiger partial charge in [-0.15, -0.1) is 0 Å². The highest BCUT2D eigenvalue weighted by atomic mass is 16.6. The molecule has 5 heteroatoms. The second kappa shape index (κ2) is 6.24. The maximum absolute atomic E-state index is 5.99. The van der Waals surface area contributed by atoms with Gasteiger partial charge in [0.15, 0.2) is 0 Å². The number of ether oxygens (including phenoxy) is 2. The van der Waals surface area contributed by atoms with Crippen molar-refractivity contribution in [2.24, 2.45) is 0 Å². The zero-order valence-electron chi connectivity index (χ0n) is 12.3. The van der Waals surface area contributed by atoms with E-state index < -0.39 is 0 Å². The fourth-order valence-corrected chi connectivity index (χ4v) is 3.16. The summed E-state index contributed by atoms with van der Waals surface area (Å²) in [6.45, 7) is 6.48. The van der Waals surface area contributed by atoms with Crippen molar-refractivity contribution in [2.75, 3.05) is 26.4 Å². The molecule has 2 aliphatic heterocycles. The molecular weight excluding hydrogens is 254 g/mol. The molecule has 0 bridgehead atoms. The van der Waals surface area contributed by atoms with E-state index in [4.69, 9.17) is 14.6 Å². The van der Waals surface area contributed by atoms with Crippen molar-refractivity contribution >= 4 is 0 Å². The second-order valence-corrected chi connectivity index (χ2v) is 5.94. The molecule has 0 amide bonds. The third kappa shape index (κ3) is 3.05. The Kier molecular flexibility index (Phi) is 4.38. The van der Waals surface area contributed by atoms with Crippen LogP contribution in [-0.4, -0.2) is 41.7 Å². The monoisotopic (exact) mass is 279 g/mol. The van der Waals surface area contributed by atoms with Crippen LogP contribution in [-0.2, 0) is 16.0 Å². The maximum atomic E-state index is 5.99. The van der Waals surface area contributed by atoms with E-state index in [0.29, 0.717) is 6.04 Å². The Bertz CT molecular complexity index is 427. The molecule has 2 fully saturated rings. The molecule has 2 aliphatic rings. The molecule has 2 saturated heterocycles. The summed E-state index contributed by atoms with van der Waals surface area (Å²) in [5.41, 5.74) is 1.08. The molecule has 3 rings (SSSR count). The van der Waals surface area contributed by atoms with Crippen LogP contribution in [0.25, 0.3) is 0 Å². The van der Waals surface area contributed by atoms with Gasteiger partial charge < -0.3 is 14.8 Å². The Morgan fingerprint density at radius 3 is 3.25 bits per heavy atom. The first-order chi connectivity index (χ1) is 9.81. The van der Waals surface area contributed by atoms with Crippen molar-refractivity contribution in [3.63, 3.8) is 0 Å². The third-order valence-corrected chi connectivity index (χ3v) is 4.30. The minimum absolute atomic E-state index is 0.0461. The van der Waals surface area contributed by atoms with Gasteiger partial charge in [-0.25, -0.2) is 0 Å². The van der Waals surface area contributed by atoms with E-state index >= 15 is 0 Å². The Hall–Kier alpha value is -0.910. The van der Waals surface area contributed by atoms with Gasteiger partial charge in [-0.1, -0.05) is 6.92 Å². The number of rotatable bonds is 5. The van der Waals surface area contributed by atoms with Crippen LogP contribution >= 0.6 is 0 Å². The van der Waals surface area contributed by atoms with Crippen LogP contribution in [0.15, 0.2) is 12.3 Å². The third-order valence-electron chi connectivity index (χ3n) is 4.30.